The van der Waals surface area contributed by atoms with Gasteiger partial charge in [0.1, 0.15) is 22.3 Å². The maximum atomic E-state index is 6.59. The monoisotopic (exact) mass is 730 g/mol. The smallest absolute Gasteiger partial charge is 0.238 e. The van der Waals surface area contributed by atoms with Crippen LogP contribution in [-0.2, 0) is 0 Å². The summed E-state index contributed by atoms with van der Waals surface area (Å²) in [6, 6.07) is 62.5. The molecular weight excluding hydrogens is 701 g/mol. The first-order valence-corrected chi connectivity index (χ1v) is 19.0. The predicted molar refractivity (Wildman–Crippen MR) is 230 cm³/mol. The van der Waals surface area contributed by atoms with Gasteiger partial charge in [-0.3, -0.25) is 4.57 Å². The number of aromatic nitrogens is 4. The Balaban J connectivity index is 1.07. The van der Waals surface area contributed by atoms with E-state index in [1.165, 1.54) is 0 Å². The van der Waals surface area contributed by atoms with Crippen LogP contribution in [0.15, 0.2) is 191 Å². The van der Waals surface area contributed by atoms with Crippen molar-refractivity contribution >= 4 is 65.7 Å². The largest absolute Gasteiger partial charge is 0.456 e. The number of hydrogen-bond acceptors (Lipinski definition) is 5. The van der Waals surface area contributed by atoms with Gasteiger partial charge in [0, 0.05) is 49.0 Å². The van der Waals surface area contributed by atoms with Crippen molar-refractivity contribution in [1.29, 1.82) is 0 Å². The zero-order valence-corrected chi connectivity index (χ0v) is 30.4. The number of rotatable bonds is 5. The van der Waals surface area contributed by atoms with Crippen LogP contribution >= 0.6 is 0 Å². The molecule has 4 heterocycles. The minimum Gasteiger partial charge on any atom is -0.456 e. The van der Waals surface area contributed by atoms with Crippen LogP contribution in [0.4, 0.5) is 0 Å². The molecule has 0 aliphatic heterocycles. The molecule has 0 aliphatic carbocycles. The van der Waals surface area contributed by atoms with E-state index in [1.54, 1.807) is 0 Å². The Bertz CT molecular complexity index is 3490. The maximum absolute atomic E-state index is 6.59. The molecule has 12 aromatic rings. The number of benzene rings is 8. The molecular formula is C51H30N4O2. The van der Waals surface area contributed by atoms with E-state index in [0.29, 0.717) is 17.6 Å². The van der Waals surface area contributed by atoms with Crippen LogP contribution in [0.25, 0.3) is 117 Å². The van der Waals surface area contributed by atoms with Crippen molar-refractivity contribution < 1.29 is 8.83 Å². The van der Waals surface area contributed by atoms with E-state index < -0.39 is 0 Å². The molecule has 0 fully saturated rings. The van der Waals surface area contributed by atoms with Crippen LogP contribution in [0, 0.1) is 0 Å². The lowest BCUT2D eigenvalue weighted by atomic mass is 9.93. The molecule has 8 aromatic carbocycles. The zero-order chi connectivity index (χ0) is 37.5. The number of furan rings is 2. The van der Waals surface area contributed by atoms with Crippen LogP contribution in [0.2, 0.25) is 0 Å². The van der Waals surface area contributed by atoms with E-state index in [2.05, 4.69) is 132 Å². The third-order valence-electron chi connectivity index (χ3n) is 11.1. The fourth-order valence-electron chi connectivity index (χ4n) is 8.56. The van der Waals surface area contributed by atoms with E-state index in [-0.39, 0.29) is 0 Å². The molecule has 0 aliphatic rings. The van der Waals surface area contributed by atoms with Gasteiger partial charge in [0.05, 0.1) is 11.0 Å². The quantitative estimate of drug-likeness (QED) is 0.176. The highest BCUT2D eigenvalue weighted by molar-refractivity contribution is 6.20. The third kappa shape index (κ3) is 4.87. The molecule has 57 heavy (non-hydrogen) atoms. The lowest BCUT2D eigenvalue weighted by molar-refractivity contribution is 0.669. The molecule has 4 aromatic heterocycles. The lowest BCUT2D eigenvalue weighted by Crippen LogP contribution is -2.06. The highest BCUT2D eigenvalue weighted by Gasteiger charge is 2.21. The first-order valence-electron chi connectivity index (χ1n) is 19.0. The van der Waals surface area contributed by atoms with Gasteiger partial charge < -0.3 is 8.83 Å². The van der Waals surface area contributed by atoms with Crippen molar-refractivity contribution in [2.45, 2.75) is 0 Å². The second-order valence-corrected chi connectivity index (χ2v) is 14.3. The van der Waals surface area contributed by atoms with Crippen LogP contribution < -0.4 is 0 Å². The molecule has 0 radical (unpaired) electrons. The van der Waals surface area contributed by atoms with E-state index in [1.807, 2.05) is 54.6 Å². The molecule has 0 amide bonds. The molecule has 0 unspecified atom stereocenters. The number of fused-ring (bicyclic) bond motifs is 9. The van der Waals surface area contributed by atoms with Gasteiger partial charge in [-0.1, -0.05) is 146 Å². The Morgan fingerprint density at radius 1 is 0.351 bits per heavy atom. The molecule has 6 heteroatoms. The average Bonchev–Trinajstić information content (AvgIpc) is 3.96. The molecule has 0 N–H and O–H groups in total. The van der Waals surface area contributed by atoms with Crippen molar-refractivity contribution in [2.24, 2.45) is 0 Å². The van der Waals surface area contributed by atoms with Gasteiger partial charge in [-0.15, -0.1) is 0 Å². The van der Waals surface area contributed by atoms with Crippen LogP contribution in [0.5, 0.6) is 0 Å². The fourth-order valence-corrected chi connectivity index (χ4v) is 8.56. The number of nitrogens with zero attached hydrogens (tertiary/aromatic N) is 4. The summed E-state index contributed by atoms with van der Waals surface area (Å²) in [6.45, 7) is 0. The molecule has 0 saturated heterocycles. The average molecular weight is 731 g/mol. The van der Waals surface area contributed by atoms with Crippen molar-refractivity contribution in [3.8, 4) is 51.0 Å². The van der Waals surface area contributed by atoms with E-state index >= 15 is 0 Å². The second-order valence-electron chi connectivity index (χ2n) is 14.3. The summed E-state index contributed by atoms with van der Waals surface area (Å²) >= 11 is 0. The van der Waals surface area contributed by atoms with Crippen molar-refractivity contribution in [3.05, 3.63) is 182 Å². The Kier molecular flexibility index (Phi) is 6.83. The molecule has 12 rings (SSSR count). The maximum Gasteiger partial charge on any atom is 0.238 e. The SMILES string of the molecule is c1ccc(-c2nc(-c3cccc(-c4cccc5oc6cccc(-c7cccc8c7oc7ccccc78)c6c45)c3)nc(-n3c4ccccc4c4ccccc43)n2)cc1. The summed E-state index contributed by atoms with van der Waals surface area (Å²) < 4.78 is 15.3. The third-order valence-corrected chi connectivity index (χ3v) is 11.1. The highest BCUT2D eigenvalue weighted by atomic mass is 16.3. The summed E-state index contributed by atoms with van der Waals surface area (Å²) in [4.78, 5) is 15.5. The fraction of sp³-hybridized carbons (Fsp3) is 0. The number of para-hydroxylation sites is 4. The van der Waals surface area contributed by atoms with Gasteiger partial charge in [0.25, 0.3) is 0 Å². The standard InChI is InChI=1S/C51H30N4O2/c1-2-14-31(15-3-1)49-52-50(54-51(53-49)55-41-25-7-4-18-35(41)36-19-5-8-26-42(36)55)33-17-10-16-32(30-33)34-21-12-28-44-46(34)47-38(22-13-29-45(47)56-44)40-24-11-23-39-37-20-6-9-27-43(37)57-48(39)40/h1-30H. The normalized spacial score (nSPS) is 11.9. The van der Waals surface area contributed by atoms with Gasteiger partial charge in [0.15, 0.2) is 11.6 Å². The summed E-state index contributed by atoms with van der Waals surface area (Å²) in [6.07, 6.45) is 0. The van der Waals surface area contributed by atoms with Crippen molar-refractivity contribution in [1.82, 2.24) is 19.5 Å². The van der Waals surface area contributed by atoms with E-state index in [9.17, 15) is 0 Å². The highest BCUT2D eigenvalue weighted by Crippen LogP contribution is 2.45. The first kappa shape index (κ1) is 31.5. The Morgan fingerprint density at radius 3 is 1.65 bits per heavy atom. The predicted octanol–water partition coefficient (Wildman–Crippen LogP) is 13.4. The van der Waals surface area contributed by atoms with Crippen molar-refractivity contribution in [3.63, 3.8) is 0 Å². The van der Waals surface area contributed by atoms with Gasteiger partial charge in [-0.25, -0.2) is 4.98 Å². The Hall–Kier alpha value is -7.83. The van der Waals surface area contributed by atoms with Crippen LogP contribution in [0.1, 0.15) is 0 Å². The molecule has 6 nitrogen and oxygen atoms in total. The van der Waals surface area contributed by atoms with Crippen LogP contribution in [0.3, 0.4) is 0 Å². The minimum absolute atomic E-state index is 0.564. The summed E-state index contributed by atoms with van der Waals surface area (Å²) in [5.41, 5.74) is 11.4. The Morgan fingerprint density at radius 2 is 0.877 bits per heavy atom. The van der Waals surface area contributed by atoms with E-state index in [4.69, 9.17) is 23.8 Å². The van der Waals surface area contributed by atoms with Crippen LogP contribution in [-0.4, -0.2) is 19.5 Å². The van der Waals surface area contributed by atoms with Gasteiger partial charge >= 0.3 is 0 Å². The summed E-state index contributed by atoms with van der Waals surface area (Å²) in [7, 11) is 0. The minimum atomic E-state index is 0.564. The Labute approximate surface area is 325 Å². The number of hydrogen-bond donors (Lipinski definition) is 0. The lowest BCUT2D eigenvalue weighted by Gasteiger charge is -2.12. The topological polar surface area (TPSA) is 69.9 Å². The molecule has 0 atom stereocenters. The summed E-state index contributed by atoms with van der Waals surface area (Å²) in [5, 5.41) is 6.57. The second kappa shape index (κ2) is 12.3. The van der Waals surface area contributed by atoms with Crippen molar-refractivity contribution in [2.75, 3.05) is 0 Å². The van der Waals surface area contributed by atoms with Gasteiger partial charge in [-0.05, 0) is 53.1 Å². The first-order chi connectivity index (χ1) is 28.3. The van der Waals surface area contributed by atoms with Gasteiger partial charge in [0.2, 0.25) is 5.95 Å². The molecule has 0 saturated carbocycles. The zero-order valence-electron chi connectivity index (χ0n) is 30.4. The van der Waals surface area contributed by atoms with Gasteiger partial charge in [-0.2, -0.15) is 9.97 Å². The summed E-state index contributed by atoms with van der Waals surface area (Å²) in [5.74, 6) is 1.76. The molecule has 266 valence electrons. The molecule has 0 spiro atoms. The van der Waals surface area contributed by atoms with E-state index in [0.717, 1.165) is 99.1 Å². The molecule has 0 bridgehead atoms.